The molecule has 0 aromatic heterocycles. The number of hydrogen-bond acceptors (Lipinski definition) is 4. The minimum Gasteiger partial charge on any atom is -0.355 e. The Hall–Kier alpha value is -0.260. The lowest BCUT2D eigenvalue weighted by Gasteiger charge is -2.26. The molecule has 4 nitrogen and oxygen atoms in total. The molecular weight excluding hydrogens is 270 g/mol. The van der Waals surface area contributed by atoms with Crippen LogP contribution in [0.25, 0.3) is 0 Å². The van der Waals surface area contributed by atoms with E-state index >= 15 is 0 Å². The molecule has 0 saturated carbocycles. The summed E-state index contributed by atoms with van der Waals surface area (Å²) in [5.41, 5.74) is 5.62. The van der Waals surface area contributed by atoms with Crippen molar-refractivity contribution in [3.8, 4) is 0 Å². The Kier molecular flexibility index (Phi) is 10.1. The molecule has 1 fully saturated rings. The number of carbonyl (C=O) groups excluding carboxylic acids is 1. The molecule has 3 N–H and O–H groups in total. The maximum Gasteiger partial charge on any atom is 0.220 e. The van der Waals surface area contributed by atoms with Crippen LogP contribution in [-0.2, 0) is 4.79 Å². The molecule has 1 aliphatic heterocycles. The van der Waals surface area contributed by atoms with E-state index in [0.717, 1.165) is 45.6 Å². The van der Waals surface area contributed by atoms with Gasteiger partial charge in [0.15, 0.2) is 0 Å². The molecule has 0 aromatic carbocycles. The van der Waals surface area contributed by atoms with Gasteiger partial charge in [-0.05, 0) is 25.3 Å². The normalized spacial score (nSPS) is 17.9. The predicted octanol–water partition coefficient (Wildman–Crippen LogP) is 1.70. The van der Waals surface area contributed by atoms with E-state index in [2.05, 4.69) is 17.1 Å². The Labute approximate surface area is 128 Å². The molecule has 1 heterocycles. The summed E-state index contributed by atoms with van der Waals surface area (Å²) in [7, 11) is 0. The molecule has 1 atom stereocenters. The standard InChI is InChI=1S/C15H31N3OS/c1-2-3-14(6-7-16)4-5-15(19)17-8-9-18-10-12-20-13-11-18/h14H,2-13,16H2,1H3,(H,17,19). The number of carbonyl (C=O) groups is 1. The fourth-order valence-electron chi connectivity index (χ4n) is 2.68. The molecule has 1 aliphatic rings. The zero-order chi connectivity index (χ0) is 14.6. The Morgan fingerprint density at radius 3 is 2.70 bits per heavy atom. The number of nitrogens with two attached hydrogens (primary N) is 1. The summed E-state index contributed by atoms with van der Waals surface area (Å²) in [6, 6.07) is 0. The van der Waals surface area contributed by atoms with Gasteiger partial charge in [0.05, 0.1) is 0 Å². The van der Waals surface area contributed by atoms with E-state index in [1.54, 1.807) is 0 Å². The first kappa shape index (κ1) is 17.8. The SMILES string of the molecule is CCCC(CCN)CCC(=O)NCCN1CCSCC1. The summed E-state index contributed by atoms with van der Waals surface area (Å²) >= 11 is 2.02. The first-order chi connectivity index (χ1) is 9.76. The minimum absolute atomic E-state index is 0.203. The molecular formula is C15H31N3OS. The summed E-state index contributed by atoms with van der Waals surface area (Å²) < 4.78 is 0. The molecule has 118 valence electrons. The van der Waals surface area contributed by atoms with E-state index in [-0.39, 0.29) is 5.91 Å². The van der Waals surface area contributed by atoms with Crippen LogP contribution in [0.3, 0.4) is 0 Å². The molecule has 1 rings (SSSR count). The van der Waals surface area contributed by atoms with Crippen LogP contribution in [0.4, 0.5) is 0 Å². The molecule has 0 spiro atoms. The van der Waals surface area contributed by atoms with Crippen LogP contribution >= 0.6 is 11.8 Å². The van der Waals surface area contributed by atoms with Crippen molar-refractivity contribution in [2.24, 2.45) is 11.7 Å². The van der Waals surface area contributed by atoms with Crippen molar-refractivity contribution >= 4 is 17.7 Å². The maximum absolute atomic E-state index is 11.8. The largest absolute Gasteiger partial charge is 0.355 e. The molecule has 1 amide bonds. The van der Waals surface area contributed by atoms with E-state index in [0.29, 0.717) is 12.3 Å². The van der Waals surface area contributed by atoms with Crippen molar-refractivity contribution in [3.63, 3.8) is 0 Å². The fourth-order valence-corrected chi connectivity index (χ4v) is 3.66. The van der Waals surface area contributed by atoms with Gasteiger partial charge in [0.25, 0.3) is 0 Å². The van der Waals surface area contributed by atoms with E-state index in [1.807, 2.05) is 11.8 Å². The van der Waals surface area contributed by atoms with Gasteiger partial charge in [-0.3, -0.25) is 9.69 Å². The van der Waals surface area contributed by atoms with Gasteiger partial charge in [0.2, 0.25) is 5.91 Å². The lowest BCUT2D eigenvalue weighted by Crippen LogP contribution is -2.39. The summed E-state index contributed by atoms with van der Waals surface area (Å²) in [5.74, 6) is 3.28. The number of rotatable bonds is 10. The minimum atomic E-state index is 0.203. The smallest absolute Gasteiger partial charge is 0.220 e. The van der Waals surface area contributed by atoms with Gasteiger partial charge in [0, 0.05) is 44.1 Å². The fraction of sp³-hybridized carbons (Fsp3) is 0.933. The van der Waals surface area contributed by atoms with Crippen LogP contribution in [0.5, 0.6) is 0 Å². The topological polar surface area (TPSA) is 58.4 Å². The van der Waals surface area contributed by atoms with Gasteiger partial charge in [-0.2, -0.15) is 11.8 Å². The van der Waals surface area contributed by atoms with E-state index in [1.165, 1.54) is 24.3 Å². The highest BCUT2D eigenvalue weighted by Gasteiger charge is 2.12. The first-order valence-electron chi connectivity index (χ1n) is 8.03. The molecule has 0 aromatic rings. The van der Waals surface area contributed by atoms with E-state index < -0.39 is 0 Å². The quantitative estimate of drug-likeness (QED) is 0.645. The van der Waals surface area contributed by atoms with Crippen LogP contribution in [0, 0.1) is 5.92 Å². The van der Waals surface area contributed by atoms with Gasteiger partial charge < -0.3 is 11.1 Å². The molecule has 5 heteroatoms. The van der Waals surface area contributed by atoms with Crippen molar-refractivity contribution in [2.45, 2.75) is 39.0 Å². The van der Waals surface area contributed by atoms with Crippen LogP contribution in [-0.4, -0.2) is 55.0 Å². The predicted molar refractivity (Wildman–Crippen MR) is 88.1 cm³/mol. The highest BCUT2D eigenvalue weighted by molar-refractivity contribution is 7.99. The second-order valence-corrected chi connectivity index (χ2v) is 6.80. The van der Waals surface area contributed by atoms with Gasteiger partial charge in [-0.25, -0.2) is 0 Å². The van der Waals surface area contributed by atoms with Crippen molar-refractivity contribution in [1.82, 2.24) is 10.2 Å². The Morgan fingerprint density at radius 2 is 2.05 bits per heavy atom. The number of nitrogens with zero attached hydrogens (tertiary/aromatic N) is 1. The first-order valence-corrected chi connectivity index (χ1v) is 9.18. The van der Waals surface area contributed by atoms with Crippen LogP contribution in [0.1, 0.15) is 39.0 Å². The van der Waals surface area contributed by atoms with Crippen molar-refractivity contribution < 1.29 is 4.79 Å². The zero-order valence-electron chi connectivity index (χ0n) is 12.9. The maximum atomic E-state index is 11.8. The van der Waals surface area contributed by atoms with Crippen LogP contribution in [0.2, 0.25) is 0 Å². The average molecular weight is 302 g/mol. The molecule has 0 bridgehead atoms. The lowest BCUT2D eigenvalue weighted by molar-refractivity contribution is -0.121. The molecule has 0 radical (unpaired) electrons. The molecule has 20 heavy (non-hydrogen) atoms. The number of thioether (sulfide) groups is 1. The number of nitrogens with one attached hydrogen (secondary N) is 1. The lowest BCUT2D eigenvalue weighted by atomic mass is 9.94. The monoisotopic (exact) mass is 301 g/mol. The third-order valence-corrected chi connectivity index (χ3v) is 4.85. The zero-order valence-corrected chi connectivity index (χ0v) is 13.7. The van der Waals surface area contributed by atoms with Crippen molar-refractivity contribution in [2.75, 3.05) is 44.2 Å². The van der Waals surface area contributed by atoms with Crippen molar-refractivity contribution in [3.05, 3.63) is 0 Å². The third kappa shape index (κ3) is 8.12. The Bertz CT molecular complexity index is 252. The Balaban J connectivity index is 2.06. The molecule has 1 saturated heterocycles. The summed E-state index contributed by atoms with van der Waals surface area (Å²) in [6.07, 6.45) is 5.06. The van der Waals surface area contributed by atoms with Gasteiger partial charge in [-0.15, -0.1) is 0 Å². The highest BCUT2D eigenvalue weighted by atomic mass is 32.2. The van der Waals surface area contributed by atoms with Crippen LogP contribution in [0.15, 0.2) is 0 Å². The summed E-state index contributed by atoms with van der Waals surface area (Å²) in [6.45, 7) is 7.04. The van der Waals surface area contributed by atoms with E-state index in [9.17, 15) is 4.79 Å². The van der Waals surface area contributed by atoms with Gasteiger partial charge in [-0.1, -0.05) is 19.8 Å². The van der Waals surface area contributed by atoms with Crippen LogP contribution < -0.4 is 11.1 Å². The average Bonchev–Trinajstić information content (AvgIpc) is 2.46. The second-order valence-electron chi connectivity index (χ2n) is 5.57. The molecule has 0 aliphatic carbocycles. The van der Waals surface area contributed by atoms with Crippen molar-refractivity contribution in [1.29, 1.82) is 0 Å². The third-order valence-electron chi connectivity index (χ3n) is 3.91. The highest BCUT2D eigenvalue weighted by Crippen LogP contribution is 2.16. The number of amides is 1. The number of hydrogen-bond donors (Lipinski definition) is 2. The summed E-state index contributed by atoms with van der Waals surface area (Å²) in [5, 5.41) is 3.05. The summed E-state index contributed by atoms with van der Waals surface area (Å²) in [4.78, 5) is 14.3. The Morgan fingerprint density at radius 1 is 1.30 bits per heavy atom. The van der Waals surface area contributed by atoms with E-state index in [4.69, 9.17) is 5.73 Å². The second kappa shape index (κ2) is 11.4. The van der Waals surface area contributed by atoms with Gasteiger partial charge >= 0.3 is 0 Å². The molecule has 1 unspecified atom stereocenters. The van der Waals surface area contributed by atoms with Gasteiger partial charge in [0.1, 0.15) is 0 Å².